The van der Waals surface area contributed by atoms with Gasteiger partial charge in [0.1, 0.15) is 0 Å². The molecule has 0 aliphatic carbocycles. The minimum Gasteiger partial charge on any atom is -0.370 e. The van der Waals surface area contributed by atoms with Crippen molar-refractivity contribution in [2.75, 3.05) is 31.1 Å². The number of nitrogens with one attached hydrogen (secondary N) is 1. The van der Waals surface area contributed by atoms with Crippen molar-refractivity contribution in [3.63, 3.8) is 0 Å². The molecule has 1 atom stereocenters. The third-order valence-electron chi connectivity index (χ3n) is 4.19. The third-order valence-corrected chi connectivity index (χ3v) is 4.19. The smallest absolute Gasteiger partial charge is 0.370 e. The molecule has 0 amide bonds. The monoisotopic (exact) mass is 271 g/mol. The van der Waals surface area contributed by atoms with Crippen LogP contribution < -0.4 is 10.2 Å². The number of alkyl halides is 3. The minimum atomic E-state index is -4.32. The Hall–Kier alpha value is -1.30. The van der Waals surface area contributed by atoms with Crippen molar-refractivity contribution >= 4 is 5.69 Å². The third kappa shape index (κ3) is 2.41. The van der Waals surface area contributed by atoms with Gasteiger partial charge in [0.2, 0.25) is 0 Å². The number of rotatable bonds is 1. The van der Waals surface area contributed by atoms with Crippen LogP contribution in [0.25, 0.3) is 0 Å². The molecule has 2 aliphatic rings. The molecule has 0 saturated carbocycles. The van der Waals surface area contributed by atoms with E-state index < -0.39 is 11.7 Å². The van der Waals surface area contributed by atoms with Gasteiger partial charge in [0.05, 0.1) is 17.4 Å². The van der Waals surface area contributed by atoms with Crippen LogP contribution in [0.15, 0.2) is 18.5 Å². The molecule has 2 fully saturated rings. The molecule has 0 radical (unpaired) electrons. The molecule has 2 aliphatic heterocycles. The highest BCUT2D eigenvalue weighted by atomic mass is 19.4. The van der Waals surface area contributed by atoms with E-state index in [0.29, 0.717) is 5.69 Å². The summed E-state index contributed by atoms with van der Waals surface area (Å²) < 4.78 is 38.0. The molecule has 0 bridgehead atoms. The second-order valence-corrected chi connectivity index (χ2v) is 5.53. The van der Waals surface area contributed by atoms with E-state index in [4.69, 9.17) is 0 Å². The van der Waals surface area contributed by atoms with Crippen LogP contribution in [0.5, 0.6) is 0 Å². The highest BCUT2D eigenvalue weighted by Gasteiger charge is 2.41. The summed E-state index contributed by atoms with van der Waals surface area (Å²) in [5.74, 6) is 0. The molecule has 19 heavy (non-hydrogen) atoms. The van der Waals surface area contributed by atoms with Crippen LogP contribution in [0.4, 0.5) is 18.9 Å². The number of hydrogen-bond acceptors (Lipinski definition) is 3. The zero-order chi connectivity index (χ0) is 13.5. The van der Waals surface area contributed by atoms with Crippen LogP contribution >= 0.6 is 0 Å². The molecule has 1 N–H and O–H groups in total. The Kier molecular flexibility index (Phi) is 2.92. The van der Waals surface area contributed by atoms with Gasteiger partial charge >= 0.3 is 6.18 Å². The van der Waals surface area contributed by atoms with Crippen molar-refractivity contribution in [1.82, 2.24) is 10.3 Å². The molecule has 3 rings (SSSR count). The van der Waals surface area contributed by atoms with E-state index in [1.54, 1.807) is 0 Å². The molecular weight excluding hydrogens is 255 g/mol. The molecule has 1 aromatic rings. The van der Waals surface area contributed by atoms with Gasteiger partial charge in [-0.25, -0.2) is 0 Å². The maximum Gasteiger partial charge on any atom is 0.417 e. The van der Waals surface area contributed by atoms with Crippen molar-refractivity contribution in [1.29, 1.82) is 0 Å². The quantitative estimate of drug-likeness (QED) is 0.849. The Morgan fingerprint density at radius 3 is 2.79 bits per heavy atom. The standard InChI is InChI=1S/C13H16F3N3/c14-13(15,16)10-5-11(7-18-6-10)19-4-2-12(9-19)1-3-17-8-12/h5-7,17H,1-4,8-9H2. The summed E-state index contributed by atoms with van der Waals surface area (Å²) in [6, 6.07) is 1.20. The van der Waals surface area contributed by atoms with Crippen LogP contribution in [0, 0.1) is 5.41 Å². The van der Waals surface area contributed by atoms with Gasteiger partial charge < -0.3 is 10.2 Å². The Balaban J connectivity index is 1.80. The number of aromatic nitrogens is 1. The summed E-state index contributed by atoms with van der Waals surface area (Å²) >= 11 is 0. The van der Waals surface area contributed by atoms with Gasteiger partial charge in [-0.1, -0.05) is 0 Å². The highest BCUT2D eigenvalue weighted by molar-refractivity contribution is 5.48. The molecule has 2 saturated heterocycles. The largest absolute Gasteiger partial charge is 0.417 e. The molecule has 1 aromatic heterocycles. The first-order valence-electron chi connectivity index (χ1n) is 6.47. The molecule has 0 aromatic carbocycles. The summed E-state index contributed by atoms with van der Waals surface area (Å²) in [5, 5.41) is 3.34. The molecule has 3 nitrogen and oxygen atoms in total. The SMILES string of the molecule is FC(F)(F)c1cncc(N2CCC3(CCNC3)C2)c1. The first-order valence-corrected chi connectivity index (χ1v) is 6.47. The van der Waals surface area contributed by atoms with Gasteiger partial charge in [-0.15, -0.1) is 0 Å². The maximum absolute atomic E-state index is 12.7. The van der Waals surface area contributed by atoms with Gasteiger partial charge in [0.25, 0.3) is 0 Å². The predicted molar refractivity (Wildman–Crippen MR) is 66.0 cm³/mol. The van der Waals surface area contributed by atoms with Gasteiger partial charge in [-0.2, -0.15) is 13.2 Å². The summed E-state index contributed by atoms with van der Waals surface area (Å²) in [6.07, 6.45) is 0.227. The fourth-order valence-corrected chi connectivity index (χ4v) is 3.06. The predicted octanol–water partition coefficient (Wildman–Crippen LogP) is 2.29. The first-order chi connectivity index (χ1) is 8.99. The average Bonchev–Trinajstić information content (AvgIpc) is 3.00. The number of hydrogen-bond donors (Lipinski definition) is 1. The Morgan fingerprint density at radius 1 is 1.26 bits per heavy atom. The summed E-state index contributed by atoms with van der Waals surface area (Å²) in [5.41, 5.74) is 0.155. The van der Waals surface area contributed by atoms with Crippen LogP contribution in [0.2, 0.25) is 0 Å². The van der Waals surface area contributed by atoms with Crippen molar-refractivity contribution < 1.29 is 13.2 Å². The van der Waals surface area contributed by atoms with Crippen molar-refractivity contribution in [3.8, 4) is 0 Å². The molecule has 3 heterocycles. The van der Waals surface area contributed by atoms with Gasteiger partial charge in [-0.3, -0.25) is 4.98 Å². The molecular formula is C13H16F3N3. The van der Waals surface area contributed by atoms with E-state index in [-0.39, 0.29) is 5.41 Å². The fraction of sp³-hybridized carbons (Fsp3) is 0.615. The normalized spacial score (nSPS) is 27.4. The minimum absolute atomic E-state index is 0.244. The maximum atomic E-state index is 12.7. The zero-order valence-corrected chi connectivity index (χ0v) is 10.5. The van der Waals surface area contributed by atoms with Crippen LogP contribution in [-0.2, 0) is 6.18 Å². The second kappa shape index (κ2) is 4.37. The Morgan fingerprint density at radius 2 is 2.11 bits per heavy atom. The topological polar surface area (TPSA) is 28.2 Å². The number of anilines is 1. The lowest BCUT2D eigenvalue weighted by molar-refractivity contribution is -0.137. The van der Waals surface area contributed by atoms with Crippen LogP contribution in [-0.4, -0.2) is 31.2 Å². The lowest BCUT2D eigenvalue weighted by Gasteiger charge is -2.24. The second-order valence-electron chi connectivity index (χ2n) is 5.53. The fourth-order valence-electron chi connectivity index (χ4n) is 3.06. The molecule has 1 spiro atoms. The van der Waals surface area contributed by atoms with Gasteiger partial charge in [-0.05, 0) is 25.5 Å². The van der Waals surface area contributed by atoms with E-state index in [1.807, 2.05) is 4.90 Å². The summed E-state index contributed by atoms with van der Waals surface area (Å²) in [7, 11) is 0. The lowest BCUT2D eigenvalue weighted by atomic mass is 9.86. The Bertz CT molecular complexity index is 466. The average molecular weight is 271 g/mol. The lowest BCUT2D eigenvalue weighted by Crippen LogP contribution is -2.29. The molecule has 104 valence electrons. The summed E-state index contributed by atoms with van der Waals surface area (Å²) in [4.78, 5) is 5.76. The summed E-state index contributed by atoms with van der Waals surface area (Å²) in [6.45, 7) is 3.61. The molecule has 1 unspecified atom stereocenters. The highest BCUT2D eigenvalue weighted by Crippen LogP contribution is 2.39. The van der Waals surface area contributed by atoms with E-state index in [2.05, 4.69) is 10.3 Å². The van der Waals surface area contributed by atoms with Crippen molar-refractivity contribution in [2.24, 2.45) is 5.41 Å². The van der Waals surface area contributed by atoms with Gasteiger partial charge in [0.15, 0.2) is 0 Å². The van der Waals surface area contributed by atoms with Gasteiger partial charge in [0, 0.05) is 31.2 Å². The van der Waals surface area contributed by atoms with Crippen molar-refractivity contribution in [3.05, 3.63) is 24.0 Å². The first kappa shape index (κ1) is 12.7. The zero-order valence-electron chi connectivity index (χ0n) is 10.5. The number of halogens is 3. The van der Waals surface area contributed by atoms with Crippen LogP contribution in [0.3, 0.4) is 0 Å². The number of pyridine rings is 1. The van der Waals surface area contributed by atoms with E-state index in [9.17, 15) is 13.2 Å². The Labute approximate surface area is 109 Å². The molecule has 6 heteroatoms. The number of nitrogens with zero attached hydrogens (tertiary/aromatic N) is 2. The van der Waals surface area contributed by atoms with Crippen molar-refractivity contribution in [2.45, 2.75) is 19.0 Å². The van der Waals surface area contributed by atoms with Crippen LogP contribution in [0.1, 0.15) is 18.4 Å². The van der Waals surface area contributed by atoms with E-state index >= 15 is 0 Å². The van der Waals surface area contributed by atoms with E-state index in [0.717, 1.165) is 45.2 Å². The van der Waals surface area contributed by atoms with E-state index in [1.165, 1.54) is 12.3 Å².